The van der Waals surface area contributed by atoms with Gasteiger partial charge in [-0.1, -0.05) is 32.9 Å². The molecule has 4 heterocycles. The van der Waals surface area contributed by atoms with Gasteiger partial charge >= 0.3 is 0 Å². The minimum Gasteiger partial charge on any atom is -0.272 e. The lowest BCUT2D eigenvalue weighted by Crippen LogP contribution is -2.27. The highest BCUT2D eigenvalue weighted by molar-refractivity contribution is 7.89. The van der Waals surface area contributed by atoms with Crippen LogP contribution in [-0.4, -0.2) is 39.5 Å². The zero-order valence-corrected chi connectivity index (χ0v) is 21.8. The molecule has 0 radical (unpaired) electrons. The highest BCUT2D eigenvalue weighted by Gasteiger charge is 2.23. The van der Waals surface area contributed by atoms with Crippen molar-refractivity contribution < 1.29 is 13.2 Å². The topological polar surface area (TPSA) is 86.9 Å². The number of aromatic nitrogens is 4. The minimum atomic E-state index is -3.28. The van der Waals surface area contributed by atoms with Crippen molar-refractivity contribution in [3.8, 4) is 0 Å². The van der Waals surface area contributed by atoms with E-state index in [4.69, 9.17) is 0 Å². The maximum Gasteiger partial charge on any atom is 0.252 e. The quantitative estimate of drug-likeness (QED) is 0.340. The Morgan fingerprint density at radius 1 is 0.853 bits per heavy atom. The average Bonchev–Trinajstić information content (AvgIpc) is 3.56. The lowest BCUT2D eigenvalue weighted by molar-refractivity contribution is 0.0748. The molecule has 7 nitrogen and oxygen atoms in total. The first-order valence-electron chi connectivity index (χ1n) is 10.3. The summed E-state index contributed by atoms with van der Waals surface area (Å²) in [4.78, 5) is 14.3. The third kappa shape index (κ3) is 7.47. The van der Waals surface area contributed by atoms with Gasteiger partial charge in [0.05, 0.1) is 17.6 Å². The molecule has 0 N–H and O–H groups in total. The largest absolute Gasteiger partial charge is 0.272 e. The Bertz CT molecular complexity index is 1370. The summed E-state index contributed by atoms with van der Waals surface area (Å²) in [6, 6.07) is 11.5. The van der Waals surface area contributed by atoms with Crippen molar-refractivity contribution in [1.29, 1.82) is 0 Å². The third-order valence-electron chi connectivity index (χ3n) is 4.31. The number of carbonyl (C=O) groups excluding carboxylic acids is 1. The first-order valence-corrected chi connectivity index (χ1v) is 13.9. The van der Waals surface area contributed by atoms with Crippen LogP contribution in [0.15, 0.2) is 59.6 Å². The van der Waals surface area contributed by atoms with Crippen LogP contribution in [0.2, 0.25) is 0 Å². The van der Waals surface area contributed by atoms with Crippen molar-refractivity contribution >= 4 is 62.9 Å². The Labute approximate surface area is 207 Å². The molecular weight excluding hydrogens is 488 g/mol. The van der Waals surface area contributed by atoms with Gasteiger partial charge in [-0.3, -0.25) is 4.79 Å². The first kappa shape index (κ1) is 25.5. The Kier molecular flexibility index (Phi) is 8.19. The van der Waals surface area contributed by atoms with E-state index in [9.17, 15) is 13.2 Å². The van der Waals surface area contributed by atoms with E-state index in [1.54, 1.807) is 41.0 Å². The number of hydrogen-bond donors (Lipinski definition) is 0. The second kappa shape index (κ2) is 10.9. The van der Waals surface area contributed by atoms with Crippen LogP contribution in [0.5, 0.6) is 0 Å². The number of thiophene rings is 2. The van der Waals surface area contributed by atoms with Gasteiger partial charge in [-0.2, -0.15) is 14.3 Å². The van der Waals surface area contributed by atoms with Gasteiger partial charge in [-0.15, -0.1) is 22.7 Å². The maximum absolute atomic E-state index is 12.0. The van der Waals surface area contributed by atoms with Gasteiger partial charge in [0.2, 0.25) is 0 Å². The number of rotatable bonds is 5. The standard InChI is InChI=1S/C14H16N2OS.C10H10N2O2S2/c1-14(2,3)13(17)16-9-8-11(15-16)6-7-12-5-4-10-18-12;1-16(13,14)12-7-6-9(11-12)4-5-10-3-2-8-15-10/h4-10H,1-3H3;2-8H,1H3/b7-6+;5-4+. The Morgan fingerprint density at radius 3 is 1.82 bits per heavy atom. The van der Waals surface area contributed by atoms with E-state index in [-0.39, 0.29) is 5.91 Å². The molecule has 0 spiro atoms. The van der Waals surface area contributed by atoms with Crippen molar-refractivity contribution in [2.45, 2.75) is 20.8 Å². The minimum absolute atomic E-state index is 0.00160. The summed E-state index contributed by atoms with van der Waals surface area (Å²) in [6.45, 7) is 5.66. The molecule has 0 aromatic carbocycles. The van der Waals surface area contributed by atoms with Gasteiger partial charge in [0.25, 0.3) is 15.9 Å². The fourth-order valence-electron chi connectivity index (χ4n) is 2.59. The molecule has 4 aromatic heterocycles. The van der Waals surface area contributed by atoms with E-state index in [1.807, 2.05) is 80.1 Å². The lowest BCUT2D eigenvalue weighted by atomic mass is 9.96. The van der Waals surface area contributed by atoms with Crippen LogP contribution < -0.4 is 0 Å². The zero-order valence-electron chi connectivity index (χ0n) is 19.3. The summed E-state index contributed by atoms with van der Waals surface area (Å²) < 4.78 is 24.7. The Hall–Kier alpha value is -3.08. The molecular formula is C24H26N4O3S3. The highest BCUT2D eigenvalue weighted by Crippen LogP contribution is 2.17. The maximum atomic E-state index is 12.0. The molecule has 0 atom stereocenters. The first-order chi connectivity index (χ1) is 16.0. The van der Waals surface area contributed by atoms with Gasteiger partial charge in [-0.05, 0) is 59.3 Å². The fourth-order valence-corrected chi connectivity index (χ4v) is 4.35. The second-order valence-electron chi connectivity index (χ2n) is 8.31. The predicted molar refractivity (Wildman–Crippen MR) is 141 cm³/mol. The molecule has 0 aliphatic heterocycles. The third-order valence-corrected chi connectivity index (χ3v) is 6.87. The molecule has 0 unspecified atom stereocenters. The van der Waals surface area contributed by atoms with Gasteiger partial charge < -0.3 is 0 Å². The van der Waals surface area contributed by atoms with Crippen molar-refractivity contribution in [2.75, 3.05) is 6.26 Å². The lowest BCUT2D eigenvalue weighted by Gasteiger charge is -2.15. The molecule has 10 heteroatoms. The summed E-state index contributed by atoms with van der Waals surface area (Å²) in [5.74, 6) is -0.00160. The van der Waals surface area contributed by atoms with Crippen molar-refractivity contribution in [3.63, 3.8) is 0 Å². The van der Waals surface area contributed by atoms with E-state index in [1.165, 1.54) is 15.8 Å². The van der Waals surface area contributed by atoms with Crippen LogP contribution in [0.3, 0.4) is 0 Å². The molecule has 0 saturated heterocycles. The summed E-state index contributed by atoms with van der Waals surface area (Å²) in [6.07, 6.45) is 11.9. The summed E-state index contributed by atoms with van der Waals surface area (Å²) in [5.41, 5.74) is 1.00. The van der Waals surface area contributed by atoms with Crippen LogP contribution in [0, 0.1) is 5.41 Å². The molecule has 4 aromatic rings. The van der Waals surface area contributed by atoms with E-state index in [0.29, 0.717) is 5.69 Å². The second-order valence-corrected chi connectivity index (χ2v) is 12.1. The fraction of sp³-hybridized carbons (Fsp3) is 0.208. The van der Waals surface area contributed by atoms with Crippen molar-refractivity contribution in [3.05, 3.63) is 80.7 Å². The molecule has 0 aliphatic carbocycles. The van der Waals surface area contributed by atoms with E-state index >= 15 is 0 Å². The predicted octanol–water partition coefficient (Wildman–Crippen LogP) is 5.72. The molecule has 34 heavy (non-hydrogen) atoms. The molecule has 0 saturated carbocycles. The number of hydrogen-bond acceptors (Lipinski definition) is 7. The van der Waals surface area contributed by atoms with E-state index in [2.05, 4.69) is 10.2 Å². The molecule has 178 valence electrons. The van der Waals surface area contributed by atoms with Gasteiger partial charge in [-0.25, -0.2) is 13.1 Å². The molecule has 0 aliphatic rings. The monoisotopic (exact) mass is 514 g/mol. The number of nitrogens with zero attached hydrogens (tertiary/aromatic N) is 4. The van der Waals surface area contributed by atoms with Crippen molar-refractivity contribution in [1.82, 2.24) is 19.0 Å². The van der Waals surface area contributed by atoms with Crippen LogP contribution in [0.1, 0.15) is 46.7 Å². The van der Waals surface area contributed by atoms with Crippen LogP contribution >= 0.6 is 22.7 Å². The summed E-state index contributed by atoms with van der Waals surface area (Å²) in [5, 5.41) is 12.2. The van der Waals surface area contributed by atoms with Gasteiger partial charge in [0.15, 0.2) is 0 Å². The molecule has 4 rings (SSSR count). The average molecular weight is 515 g/mol. The molecule has 0 bridgehead atoms. The van der Waals surface area contributed by atoms with Crippen LogP contribution in [-0.2, 0) is 10.0 Å². The normalized spacial score (nSPS) is 12.2. The Morgan fingerprint density at radius 2 is 1.38 bits per heavy atom. The molecule has 0 amide bonds. The van der Waals surface area contributed by atoms with Gasteiger partial charge in [0, 0.05) is 27.6 Å². The SMILES string of the molecule is CC(C)(C)C(=O)n1ccc(/C=C/c2cccs2)n1.CS(=O)(=O)n1ccc(/C=C/c2cccs2)n1. The highest BCUT2D eigenvalue weighted by atomic mass is 32.2. The summed E-state index contributed by atoms with van der Waals surface area (Å²) >= 11 is 3.29. The van der Waals surface area contributed by atoms with E-state index in [0.717, 1.165) is 20.9 Å². The smallest absolute Gasteiger partial charge is 0.252 e. The zero-order chi connectivity index (χ0) is 24.8. The number of carbonyl (C=O) groups is 1. The molecule has 0 fully saturated rings. The van der Waals surface area contributed by atoms with Crippen LogP contribution in [0.4, 0.5) is 0 Å². The van der Waals surface area contributed by atoms with Crippen LogP contribution in [0.25, 0.3) is 24.3 Å². The van der Waals surface area contributed by atoms with E-state index < -0.39 is 15.4 Å². The Balaban J connectivity index is 0.000000192. The van der Waals surface area contributed by atoms with Gasteiger partial charge in [0.1, 0.15) is 0 Å². The van der Waals surface area contributed by atoms with Crippen molar-refractivity contribution in [2.24, 2.45) is 5.41 Å². The summed E-state index contributed by atoms with van der Waals surface area (Å²) in [7, 11) is -3.28.